The molecule has 0 amide bonds. The van der Waals surface area contributed by atoms with Crippen molar-refractivity contribution in [1.29, 1.82) is 0 Å². The lowest BCUT2D eigenvalue weighted by molar-refractivity contribution is -0.388. The van der Waals surface area contributed by atoms with Crippen LogP contribution < -0.4 is 5.32 Å². The molecule has 0 saturated heterocycles. The van der Waals surface area contributed by atoms with Crippen LogP contribution in [0, 0.1) is 10.1 Å². The topological polar surface area (TPSA) is 88.3 Å². The van der Waals surface area contributed by atoms with Crippen LogP contribution in [0.15, 0.2) is 18.3 Å². The van der Waals surface area contributed by atoms with Crippen molar-refractivity contribution in [1.82, 2.24) is 4.98 Å². The number of pyridine rings is 1. The zero-order chi connectivity index (χ0) is 12.3. The largest absolute Gasteiger partial charge is 0.388 e. The van der Waals surface area contributed by atoms with E-state index in [1.54, 1.807) is 12.1 Å². The van der Waals surface area contributed by atoms with Crippen LogP contribution in [0.5, 0.6) is 0 Å². The monoisotopic (exact) mass is 237 g/mol. The van der Waals surface area contributed by atoms with Crippen molar-refractivity contribution in [2.24, 2.45) is 0 Å². The summed E-state index contributed by atoms with van der Waals surface area (Å²) in [5, 5.41) is 23.8. The first-order chi connectivity index (χ1) is 8.11. The molecule has 0 bridgehead atoms. The molecule has 17 heavy (non-hydrogen) atoms. The van der Waals surface area contributed by atoms with E-state index >= 15 is 0 Å². The van der Waals surface area contributed by atoms with Crippen molar-refractivity contribution in [3.8, 4) is 0 Å². The molecule has 1 saturated carbocycles. The maximum atomic E-state index is 10.7. The highest BCUT2D eigenvalue weighted by molar-refractivity contribution is 5.56. The number of nitro groups is 1. The molecule has 0 aromatic carbocycles. The SMILES string of the molecule is O=[N+]([O-])c1ncccc1NCC1(O)CCCC1. The lowest BCUT2D eigenvalue weighted by Crippen LogP contribution is -2.33. The maximum Gasteiger partial charge on any atom is 0.386 e. The third-order valence-electron chi connectivity index (χ3n) is 3.10. The first kappa shape index (κ1) is 11.8. The van der Waals surface area contributed by atoms with E-state index in [1.807, 2.05) is 0 Å². The maximum absolute atomic E-state index is 10.7. The zero-order valence-corrected chi connectivity index (χ0v) is 9.43. The highest BCUT2D eigenvalue weighted by Gasteiger charge is 2.31. The van der Waals surface area contributed by atoms with Crippen molar-refractivity contribution in [3.05, 3.63) is 28.4 Å². The van der Waals surface area contributed by atoms with Gasteiger partial charge in [0.05, 0.1) is 5.60 Å². The molecule has 92 valence electrons. The Morgan fingerprint density at radius 3 is 2.88 bits per heavy atom. The molecule has 1 aliphatic carbocycles. The predicted octanol–water partition coefficient (Wildman–Crippen LogP) is 1.71. The van der Waals surface area contributed by atoms with Crippen molar-refractivity contribution in [3.63, 3.8) is 0 Å². The van der Waals surface area contributed by atoms with Gasteiger partial charge in [-0.1, -0.05) is 12.8 Å². The number of aliphatic hydroxyl groups is 1. The molecule has 1 aromatic rings. The van der Waals surface area contributed by atoms with Gasteiger partial charge in [0.25, 0.3) is 0 Å². The van der Waals surface area contributed by atoms with Crippen LogP contribution in [-0.2, 0) is 0 Å². The molecule has 1 heterocycles. The van der Waals surface area contributed by atoms with E-state index in [-0.39, 0.29) is 5.82 Å². The third kappa shape index (κ3) is 2.71. The summed E-state index contributed by atoms with van der Waals surface area (Å²) in [5.41, 5.74) is -0.373. The average Bonchev–Trinajstić information content (AvgIpc) is 2.74. The highest BCUT2D eigenvalue weighted by Crippen LogP contribution is 2.30. The molecule has 0 unspecified atom stereocenters. The number of aromatic nitrogens is 1. The van der Waals surface area contributed by atoms with Crippen molar-refractivity contribution < 1.29 is 10.0 Å². The van der Waals surface area contributed by atoms with E-state index in [1.165, 1.54) is 6.20 Å². The molecule has 6 heteroatoms. The molecule has 1 aromatic heterocycles. The fraction of sp³-hybridized carbons (Fsp3) is 0.545. The fourth-order valence-electron chi connectivity index (χ4n) is 2.15. The number of hydrogen-bond acceptors (Lipinski definition) is 5. The number of anilines is 1. The number of nitrogens with one attached hydrogen (secondary N) is 1. The van der Waals surface area contributed by atoms with E-state index in [0.29, 0.717) is 12.2 Å². The summed E-state index contributed by atoms with van der Waals surface area (Å²) in [5.74, 6) is -0.200. The summed E-state index contributed by atoms with van der Waals surface area (Å²) in [4.78, 5) is 13.9. The summed E-state index contributed by atoms with van der Waals surface area (Å²) in [6, 6.07) is 3.23. The molecule has 1 fully saturated rings. The van der Waals surface area contributed by atoms with Gasteiger partial charge in [-0.2, -0.15) is 0 Å². The van der Waals surface area contributed by atoms with Crippen LogP contribution >= 0.6 is 0 Å². The summed E-state index contributed by atoms with van der Waals surface area (Å²) in [7, 11) is 0. The molecule has 2 rings (SSSR count). The number of rotatable bonds is 4. The normalized spacial score (nSPS) is 17.9. The minimum absolute atomic E-state index is 0.200. The van der Waals surface area contributed by atoms with Gasteiger partial charge in [0.15, 0.2) is 0 Å². The smallest absolute Gasteiger partial charge is 0.386 e. The van der Waals surface area contributed by atoms with Crippen LogP contribution in [0.3, 0.4) is 0 Å². The standard InChI is InChI=1S/C11H15N3O3/c15-11(5-1-2-6-11)8-13-9-4-3-7-12-10(9)14(16)17/h3-4,7,13,15H,1-2,5-6,8H2. The van der Waals surface area contributed by atoms with Gasteiger partial charge in [-0.15, -0.1) is 0 Å². The summed E-state index contributed by atoms with van der Waals surface area (Å²) in [6.07, 6.45) is 4.89. The van der Waals surface area contributed by atoms with Gasteiger partial charge in [0, 0.05) is 6.54 Å². The van der Waals surface area contributed by atoms with E-state index in [2.05, 4.69) is 10.3 Å². The van der Waals surface area contributed by atoms with Gasteiger partial charge in [-0.3, -0.25) is 0 Å². The van der Waals surface area contributed by atoms with Crippen LogP contribution in [0.2, 0.25) is 0 Å². The Kier molecular flexibility index (Phi) is 3.23. The Morgan fingerprint density at radius 1 is 1.53 bits per heavy atom. The Bertz CT molecular complexity index is 416. The highest BCUT2D eigenvalue weighted by atomic mass is 16.6. The van der Waals surface area contributed by atoms with Crippen LogP contribution in [-0.4, -0.2) is 27.2 Å². The minimum Gasteiger partial charge on any atom is -0.388 e. The lowest BCUT2D eigenvalue weighted by Gasteiger charge is -2.22. The summed E-state index contributed by atoms with van der Waals surface area (Å²) in [6.45, 7) is 0.333. The van der Waals surface area contributed by atoms with Gasteiger partial charge in [-0.25, -0.2) is 0 Å². The van der Waals surface area contributed by atoms with Crippen LogP contribution in [0.1, 0.15) is 25.7 Å². The number of hydrogen-bond donors (Lipinski definition) is 2. The summed E-state index contributed by atoms with van der Waals surface area (Å²) < 4.78 is 0. The predicted molar refractivity (Wildman–Crippen MR) is 62.8 cm³/mol. The van der Waals surface area contributed by atoms with Gasteiger partial charge >= 0.3 is 5.82 Å². The van der Waals surface area contributed by atoms with E-state index in [0.717, 1.165) is 25.7 Å². The molecule has 0 radical (unpaired) electrons. The Labute approximate surface area is 98.8 Å². The molecule has 2 N–H and O–H groups in total. The van der Waals surface area contributed by atoms with Gasteiger partial charge in [0.1, 0.15) is 11.9 Å². The average molecular weight is 237 g/mol. The first-order valence-corrected chi connectivity index (χ1v) is 5.66. The molecular formula is C11H15N3O3. The van der Waals surface area contributed by atoms with Gasteiger partial charge in [0.2, 0.25) is 0 Å². The van der Waals surface area contributed by atoms with Crippen molar-refractivity contribution in [2.75, 3.05) is 11.9 Å². The fourth-order valence-corrected chi connectivity index (χ4v) is 2.15. The Balaban J connectivity index is 2.06. The van der Waals surface area contributed by atoms with Crippen molar-refractivity contribution in [2.45, 2.75) is 31.3 Å². The lowest BCUT2D eigenvalue weighted by atomic mass is 10.0. The second-order valence-electron chi connectivity index (χ2n) is 4.42. The second-order valence-corrected chi connectivity index (χ2v) is 4.42. The first-order valence-electron chi connectivity index (χ1n) is 5.66. The molecule has 0 spiro atoms. The number of nitrogens with zero attached hydrogens (tertiary/aromatic N) is 2. The molecule has 1 aliphatic rings. The molecule has 0 aliphatic heterocycles. The Morgan fingerprint density at radius 2 is 2.24 bits per heavy atom. The Hall–Kier alpha value is -1.69. The quantitative estimate of drug-likeness (QED) is 0.614. The molecular weight excluding hydrogens is 222 g/mol. The zero-order valence-electron chi connectivity index (χ0n) is 9.43. The third-order valence-corrected chi connectivity index (χ3v) is 3.10. The van der Waals surface area contributed by atoms with E-state index < -0.39 is 10.5 Å². The second kappa shape index (κ2) is 4.67. The van der Waals surface area contributed by atoms with Crippen LogP contribution in [0.4, 0.5) is 11.5 Å². The molecule has 0 atom stereocenters. The molecule has 6 nitrogen and oxygen atoms in total. The van der Waals surface area contributed by atoms with E-state index in [4.69, 9.17) is 0 Å². The summed E-state index contributed by atoms with van der Waals surface area (Å²) >= 11 is 0. The minimum atomic E-state index is -0.732. The van der Waals surface area contributed by atoms with Gasteiger partial charge < -0.3 is 20.5 Å². The van der Waals surface area contributed by atoms with Crippen LogP contribution in [0.25, 0.3) is 0 Å². The van der Waals surface area contributed by atoms with Crippen molar-refractivity contribution >= 4 is 11.5 Å². The van der Waals surface area contributed by atoms with Gasteiger partial charge in [-0.05, 0) is 34.9 Å². The van der Waals surface area contributed by atoms with E-state index in [9.17, 15) is 15.2 Å².